The summed E-state index contributed by atoms with van der Waals surface area (Å²) in [6, 6.07) is 0. The topological polar surface area (TPSA) is 206 Å². The lowest BCUT2D eigenvalue weighted by molar-refractivity contribution is -0.180. The summed E-state index contributed by atoms with van der Waals surface area (Å²) in [6.45, 7) is 17.2. The lowest BCUT2D eigenvalue weighted by Gasteiger charge is -2.55. The summed E-state index contributed by atoms with van der Waals surface area (Å²) in [6.07, 6.45) is 17.7. The van der Waals surface area contributed by atoms with E-state index in [9.17, 15) is 34.5 Å². The molecule has 3 heterocycles. The fourth-order valence-corrected chi connectivity index (χ4v) is 16.9. The van der Waals surface area contributed by atoms with Crippen LogP contribution in [0.25, 0.3) is 0 Å². The van der Waals surface area contributed by atoms with Crippen molar-refractivity contribution in [3.05, 3.63) is 58.7 Å². The number of aliphatic hydroxyl groups is 3. The quantitative estimate of drug-likeness (QED) is 0.0293. The molecule has 16 atom stereocenters. The minimum atomic E-state index is -1.10. The number of hydrogen-bond acceptors (Lipinski definition) is 13. The van der Waals surface area contributed by atoms with Gasteiger partial charge in [0.25, 0.3) is 0 Å². The van der Waals surface area contributed by atoms with E-state index in [0.717, 1.165) is 60.8 Å². The lowest BCUT2D eigenvalue weighted by atomic mass is 9.46. The number of hydrogen-bond donors (Lipinski definition) is 4. The Balaban J connectivity index is 0.645. The molecule has 72 heavy (non-hydrogen) atoms. The molecule has 3 aliphatic heterocycles. The molecule has 0 aromatic carbocycles. The number of carbonyl (C=O) groups is 4. The summed E-state index contributed by atoms with van der Waals surface area (Å²) in [7, 11) is 0. The Bertz CT molecular complexity index is 2470. The van der Waals surface area contributed by atoms with Gasteiger partial charge in [-0.25, -0.2) is 10.2 Å². The molecule has 7 saturated carbocycles. The highest BCUT2D eigenvalue weighted by Gasteiger charge is 3.06. The zero-order valence-corrected chi connectivity index (χ0v) is 43.3. The molecule has 2 unspecified atom stereocenters. The minimum absolute atomic E-state index is 0.00428. The van der Waals surface area contributed by atoms with Gasteiger partial charge in [0.2, 0.25) is 5.91 Å². The van der Waals surface area contributed by atoms with Crippen LogP contribution in [0.1, 0.15) is 157 Å². The van der Waals surface area contributed by atoms with Crippen LogP contribution in [-0.2, 0) is 42.9 Å². The van der Waals surface area contributed by atoms with Gasteiger partial charge >= 0.3 is 17.9 Å². The number of cyclic esters (lactones) is 1. The van der Waals surface area contributed by atoms with E-state index in [0.29, 0.717) is 80.7 Å². The number of esters is 3. The number of ether oxygens (including phenoxy) is 5. The van der Waals surface area contributed by atoms with Crippen molar-refractivity contribution in [2.24, 2.45) is 56.9 Å². The molecule has 392 valence electrons. The van der Waals surface area contributed by atoms with Crippen LogP contribution in [0.2, 0.25) is 0 Å². The molecular weight excluding hydrogens is 917 g/mol. The first-order valence-corrected chi connectivity index (χ1v) is 27.6. The van der Waals surface area contributed by atoms with Crippen molar-refractivity contribution < 1.29 is 58.2 Å². The number of amides is 1. The van der Waals surface area contributed by atoms with Crippen molar-refractivity contribution in [1.29, 1.82) is 0 Å². The molecule has 0 bridgehead atoms. The van der Waals surface area contributed by atoms with E-state index < -0.39 is 63.9 Å². The van der Waals surface area contributed by atoms with Crippen molar-refractivity contribution in [2.75, 3.05) is 6.61 Å². The van der Waals surface area contributed by atoms with Crippen molar-refractivity contribution in [3.63, 3.8) is 0 Å². The maximum atomic E-state index is 13.8. The number of allylic oxidation sites excluding steroid dienone is 4. The van der Waals surface area contributed by atoms with Crippen molar-refractivity contribution >= 4 is 29.5 Å². The molecule has 11 aliphatic rings. The summed E-state index contributed by atoms with van der Waals surface area (Å²) in [5.74, 6) is 0.205. The highest BCUT2D eigenvalue weighted by Crippen LogP contribution is 2.90. The summed E-state index contributed by atoms with van der Waals surface area (Å²) >= 11 is 0. The van der Waals surface area contributed by atoms with Gasteiger partial charge in [0.15, 0.2) is 11.2 Å². The van der Waals surface area contributed by atoms with Gasteiger partial charge in [0.05, 0.1) is 30.8 Å². The minimum Gasteiger partial charge on any atom is -0.458 e. The van der Waals surface area contributed by atoms with E-state index >= 15 is 0 Å². The highest BCUT2D eigenvalue weighted by molar-refractivity contribution is 5.92. The Kier molecular flexibility index (Phi) is 12.4. The SMILES string of the molecule is C=C1/C(=C\C=C2/CCC[C@]3(C)C2CCC3[C@H](C)/C=C/[C@H](OC(=O)CCC/C(C)=N/NC(=O)CCC(=O)O[C@]23C[C@]2(C(C)C)[C@H](O)[C@H]2O[C@@]24[C@@]32O[C@@H]2C[C@@H]2C3=C(CC[C@]24C)C(=O)OC3)C2CC2)C[C@H](O)C[C@H]1O. The predicted octanol–water partition coefficient (Wildman–Crippen LogP) is 7.74. The molecule has 8 aliphatic carbocycles. The third-order valence-corrected chi connectivity index (χ3v) is 21.0. The zero-order chi connectivity index (χ0) is 50.9. The Morgan fingerprint density at radius 1 is 0.917 bits per heavy atom. The van der Waals surface area contributed by atoms with Gasteiger partial charge < -0.3 is 39.0 Å². The second kappa shape index (κ2) is 17.8. The molecule has 14 heteroatoms. The smallest absolute Gasteiger partial charge is 0.334 e. The van der Waals surface area contributed by atoms with Crippen LogP contribution in [0.15, 0.2) is 63.8 Å². The number of aliphatic hydroxyl groups excluding tert-OH is 3. The van der Waals surface area contributed by atoms with Gasteiger partial charge in [-0.1, -0.05) is 65.0 Å². The summed E-state index contributed by atoms with van der Waals surface area (Å²) < 4.78 is 31.6. The fraction of sp³-hybridized carbons (Fsp3) is 0.741. The van der Waals surface area contributed by atoms with E-state index in [-0.39, 0.29) is 67.3 Å². The second-order valence-electron chi connectivity index (χ2n) is 25.0. The number of nitrogens with zero attached hydrogens (tertiary/aromatic N) is 1. The van der Waals surface area contributed by atoms with Gasteiger partial charge in [0.1, 0.15) is 24.4 Å². The molecule has 0 aromatic rings. The molecule has 4 N–H and O–H groups in total. The average Bonchev–Trinajstić information content (AvgIpc) is 4.20. The zero-order valence-electron chi connectivity index (χ0n) is 43.3. The molecule has 14 nitrogen and oxygen atoms in total. The Hall–Kier alpha value is -3.95. The molecular formula is C58H78N2O12. The number of carbonyl (C=O) groups excluding carboxylic acids is 4. The van der Waals surface area contributed by atoms with E-state index in [1.807, 2.05) is 13.8 Å². The largest absolute Gasteiger partial charge is 0.458 e. The lowest BCUT2D eigenvalue weighted by Crippen LogP contribution is -2.70. The van der Waals surface area contributed by atoms with Gasteiger partial charge in [-0.05, 0) is 154 Å². The van der Waals surface area contributed by atoms with Crippen LogP contribution in [0.5, 0.6) is 0 Å². The third-order valence-electron chi connectivity index (χ3n) is 21.0. The first-order chi connectivity index (χ1) is 34.3. The maximum absolute atomic E-state index is 13.8. The number of nitrogens with one attached hydrogen (secondary N) is 1. The average molecular weight is 995 g/mol. The number of hydrazone groups is 1. The van der Waals surface area contributed by atoms with Crippen LogP contribution in [0, 0.1) is 51.8 Å². The predicted molar refractivity (Wildman–Crippen MR) is 265 cm³/mol. The van der Waals surface area contributed by atoms with E-state index in [1.165, 1.54) is 12.0 Å². The molecule has 2 spiro atoms. The maximum Gasteiger partial charge on any atom is 0.334 e. The first kappa shape index (κ1) is 50.2. The van der Waals surface area contributed by atoms with Crippen LogP contribution in [0.3, 0.4) is 0 Å². The van der Waals surface area contributed by atoms with Crippen molar-refractivity contribution in [2.45, 2.75) is 211 Å². The normalized spacial score (nSPS) is 44.2. The Morgan fingerprint density at radius 2 is 1.71 bits per heavy atom. The molecule has 0 radical (unpaired) electrons. The van der Waals surface area contributed by atoms with Gasteiger partial charge in [-0.15, -0.1) is 0 Å². The number of fused-ring (bicyclic) bond motifs is 4. The van der Waals surface area contributed by atoms with Crippen molar-refractivity contribution in [1.82, 2.24) is 5.43 Å². The van der Waals surface area contributed by atoms with Crippen LogP contribution < -0.4 is 5.43 Å². The third kappa shape index (κ3) is 7.50. The first-order valence-electron chi connectivity index (χ1n) is 27.6. The Labute approximate surface area is 424 Å². The number of epoxide rings is 2. The molecule has 11 rings (SSSR count). The van der Waals surface area contributed by atoms with E-state index in [1.54, 1.807) is 6.92 Å². The fourth-order valence-electron chi connectivity index (χ4n) is 16.9. The van der Waals surface area contributed by atoms with Crippen LogP contribution in [-0.4, -0.2) is 105 Å². The molecule has 1 amide bonds. The van der Waals surface area contributed by atoms with Gasteiger partial charge in [-0.3, -0.25) is 14.4 Å². The Morgan fingerprint density at radius 3 is 2.47 bits per heavy atom. The summed E-state index contributed by atoms with van der Waals surface area (Å²) in [5.41, 5.74) is 4.25. The molecule has 2 saturated heterocycles. The van der Waals surface area contributed by atoms with Crippen LogP contribution in [0.4, 0.5) is 0 Å². The summed E-state index contributed by atoms with van der Waals surface area (Å²) in [4.78, 5) is 52.7. The standard InChI is InChI=1S/C58H78N2O12/c1-31(2)55-30-56(55,57-46(70-57)28-43-40-29-68-52(67)39(40)23-25-54(43,7)58(57)51(72-58)50(55)66)71-49(65)22-21-47(63)60-59-33(4)10-8-12-48(64)69-45(36-15-16-36)20-13-32(3)41-18-19-42-35(11-9-24-53(41,42)6)14-17-37-26-38(61)27-44(62)34(37)5/h13-14,17,20,31-32,36,38,41-46,50-51,61-62,66H,5,8-12,15-16,18-19,21-30H2,1-4,6-7H3,(H,60,63)/b20-13+,35-14+,37-17-,59-33+/t32-,38+,41?,42?,43-,44-,45+,46-,50-,51-,53+,54-,55+,56-,57+,58+/m1/s1. The second-order valence-corrected chi connectivity index (χ2v) is 25.0. The van der Waals surface area contributed by atoms with Gasteiger partial charge in [-0.2, -0.15) is 5.10 Å². The van der Waals surface area contributed by atoms with Gasteiger partial charge in [0, 0.05) is 47.8 Å². The van der Waals surface area contributed by atoms with E-state index in [2.05, 4.69) is 62.2 Å². The molecule has 0 aromatic heterocycles. The van der Waals surface area contributed by atoms with E-state index in [4.69, 9.17) is 23.7 Å². The molecule has 9 fully saturated rings. The monoisotopic (exact) mass is 995 g/mol. The highest BCUT2D eigenvalue weighted by atomic mass is 16.7. The summed E-state index contributed by atoms with van der Waals surface area (Å²) in [5, 5.41) is 37.0. The van der Waals surface area contributed by atoms with Crippen LogP contribution >= 0.6 is 0 Å². The van der Waals surface area contributed by atoms with Crippen molar-refractivity contribution in [3.8, 4) is 0 Å². The number of rotatable bonds is 16.